The van der Waals surface area contributed by atoms with E-state index in [9.17, 15) is 24.3 Å². The summed E-state index contributed by atoms with van der Waals surface area (Å²) in [6.07, 6.45) is 4.54. The molecule has 4 atom stereocenters. The Hall–Kier alpha value is -6.20. The van der Waals surface area contributed by atoms with E-state index in [1.54, 1.807) is 6.92 Å². The lowest BCUT2D eigenvalue weighted by molar-refractivity contribution is -0.156. The van der Waals surface area contributed by atoms with Crippen LogP contribution in [0.1, 0.15) is 61.8 Å². The predicted octanol–water partition coefficient (Wildman–Crippen LogP) is 7.51. The zero-order chi connectivity index (χ0) is 41.8. The molecule has 0 aliphatic heterocycles. The molecule has 0 spiro atoms. The lowest BCUT2D eigenvalue weighted by atomic mass is 9.68. The SMILES string of the molecule is C=CC(=O)OCCNC(=O)OC(CC)COc1ccc(C2(c3ccc(OCC(O)COC(=O)C4CC=CCC4C(=O)CC)cc3)c3ccccc3-c3ccccc32)cc1. The molecule has 2 N–H and O–H groups in total. The van der Waals surface area contributed by atoms with Crippen molar-refractivity contribution in [1.82, 2.24) is 5.32 Å². The van der Waals surface area contributed by atoms with E-state index >= 15 is 0 Å². The third-order valence-corrected chi connectivity index (χ3v) is 10.8. The summed E-state index contributed by atoms with van der Waals surface area (Å²) in [5.41, 5.74) is 5.87. The number of carbonyl (C=O) groups excluding carboxylic acids is 4. The van der Waals surface area contributed by atoms with E-state index < -0.39 is 47.5 Å². The van der Waals surface area contributed by atoms with Gasteiger partial charge in [0.05, 0.1) is 17.9 Å². The quantitative estimate of drug-likeness (QED) is 0.0283. The number of nitrogens with one attached hydrogen (secondary N) is 1. The third-order valence-electron chi connectivity index (χ3n) is 10.8. The number of allylic oxidation sites excluding steroid dienone is 2. The number of ketones is 1. The molecule has 4 aromatic carbocycles. The van der Waals surface area contributed by atoms with Gasteiger partial charge >= 0.3 is 18.0 Å². The Labute approximate surface area is 345 Å². The van der Waals surface area contributed by atoms with Gasteiger partial charge in [-0.25, -0.2) is 9.59 Å². The molecule has 0 saturated carbocycles. The second-order valence-electron chi connectivity index (χ2n) is 14.5. The fourth-order valence-corrected chi connectivity index (χ4v) is 7.83. The summed E-state index contributed by atoms with van der Waals surface area (Å²) in [5.74, 6) is -0.791. The number of rotatable bonds is 19. The molecule has 11 nitrogen and oxygen atoms in total. The highest BCUT2D eigenvalue weighted by Crippen LogP contribution is 2.56. The summed E-state index contributed by atoms with van der Waals surface area (Å²) in [5, 5.41) is 13.3. The molecule has 2 aliphatic carbocycles. The van der Waals surface area contributed by atoms with Crippen LogP contribution in [0.25, 0.3) is 11.1 Å². The van der Waals surface area contributed by atoms with Crippen molar-refractivity contribution in [2.45, 2.75) is 57.2 Å². The number of ether oxygens (including phenoxy) is 5. The summed E-state index contributed by atoms with van der Waals surface area (Å²) in [6, 6.07) is 32.5. The monoisotopic (exact) mass is 801 g/mol. The molecule has 0 bridgehead atoms. The lowest BCUT2D eigenvalue weighted by Crippen LogP contribution is -2.34. The molecular weight excluding hydrogens is 751 g/mol. The van der Waals surface area contributed by atoms with Gasteiger partial charge in [0.1, 0.15) is 55.9 Å². The Bertz CT molecular complexity index is 2080. The molecule has 4 unspecified atom stereocenters. The zero-order valence-electron chi connectivity index (χ0n) is 33.5. The molecule has 4 aromatic rings. The molecule has 0 saturated heterocycles. The van der Waals surface area contributed by atoms with Crippen molar-refractivity contribution in [3.05, 3.63) is 144 Å². The highest BCUT2D eigenvalue weighted by Gasteiger charge is 2.46. The van der Waals surface area contributed by atoms with Crippen LogP contribution in [0.3, 0.4) is 0 Å². The van der Waals surface area contributed by atoms with Crippen LogP contribution in [0.4, 0.5) is 4.79 Å². The first-order valence-electron chi connectivity index (χ1n) is 20.1. The van der Waals surface area contributed by atoms with E-state index in [1.165, 1.54) is 0 Å². The Morgan fingerprint density at radius 2 is 1.32 bits per heavy atom. The molecular formula is C48H51NO10. The Balaban J connectivity index is 1.14. The lowest BCUT2D eigenvalue weighted by Gasteiger charge is -2.34. The van der Waals surface area contributed by atoms with E-state index in [4.69, 9.17) is 23.7 Å². The standard InChI is InChI=1S/C48H51NO10/c1-4-35(59-47(54)49-27-28-55-45(52)6-3)31-57-37-25-21-33(22-26-37)48(42-17-11-9-13-38(42)39-14-10-12-18-43(39)48)32-19-23-36(24-20-32)56-29-34(50)30-58-46(53)41-16-8-7-15-40(41)44(51)5-2/h6-14,17-26,34-35,40-41,50H,3-5,15-16,27-31H2,1-2H3,(H,49,54). The van der Waals surface area contributed by atoms with E-state index in [-0.39, 0.29) is 38.8 Å². The number of hydrogen-bond acceptors (Lipinski definition) is 10. The second-order valence-corrected chi connectivity index (χ2v) is 14.5. The zero-order valence-corrected chi connectivity index (χ0v) is 33.5. The Morgan fingerprint density at radius 1 is 0.763 bits per heavy atom. The highest BCUT2D eigenvalue weighted by molar-refractivity contribution is 5.88. The fourth-order valence-electron chi connectivity index (χ4n) is 7.83. The van der Waals surface area contributed by atoms with Crippen molar-refractivity contribution in [3.63, 3.8) is 0 Å². The van der Waals surface area contributed by atoms with E-state index in [0.29, 0.717) is 37.2 Å². The summed E-state index contributed by atoms with van der Waals surface area (Å²) < 4.78 is 27.9. The van der Waals surface area contributed by atoms with Gasteiger partial charge in [0.2, 0.25) is 0 Å². The summed E-state index contributed by atoms with van der Waals surface area (Å²) in [6.45, 7) is 6.95. The van der Waals surface area contributed by atoms with Gasteiger partial charge in [-0.05, 0) is 76.9 Å². The Kier molecular flexibility index (Phi) is 14.4. The maximum Gasteiger partial charge on any atom is 0.407 e. The molecule has 59 heavy (non-hydrogen) atoms. The van der Waals surface area contributed by atoms with E-state index in [0.717, 1.165) is 39.5 Å². The summed E-state index contributed by atoms with van der Waals surface area (Å²) >= 11 is 0. The second kappa shape index (κ2) is 20.0. The van der Waals surface area contributed by atoms with Crippen LogP contribution in [0.5, 0.6) is 11.5 Å². The van der Waals surface area contributed by atoms with E-state index in [1.807, 2.05) is 79.7 Å². The molecule has 6 rings (SSSR count). The largest absolute Gasteiger partial charge is 0.491 e. The van der Waals surface area contributed by atoms with Gasteiger partial charge < -0.3 is 34.1 Å². The van der Waals surface area contributed by atoms with Gasteiger partial charge in [0.25, 0.3) is 0 Å². The van der Waals surface area contributed by atoms with Crippen molar-refractivity contribution < 1.29 is 48.0 Å². The van der Waals surface area contributed by atoms with Gasteiger partial charge in [-0.3, -0.25) is 9.59 Å². The number of amides is 1. The Morgan fingerprint density at radius 3 is 1.88 bits per heavy atom. The number of aliphatic hydroxyl groups is 1. The van der Waals surface area contributed by atoms with Gasteiger partial charge in [-0.1, -0.05) is 105 Å². The molecule has 2 aliphatic rings. The maximum absolute atomic E-state index is 12.9. The first-order chi connectivity index (χ1) is 28.7. The number of benzene rings is 4. The first kappa shape index (κ1) is 42.4. The first-order valence-corrected chi connectivity index (χ1v) is 20.1. The van der Waals surface area contributed by atoms with Crippen LogP contribution in [-0.2, 0) is 34.0 Å². The summed E-state index contributed by atoms with van der Waals surface area (Å²) in [4.78, 5) is 48.8. The number of aliphatic hydroxyl groups excluding tert-OH is 1. The van der Waals surface area contributed by atoms with Crippen LogP contribution in [-0.4, -0.2) is 74.1 Å². The molecule has 0 radical (unpaired) electrons. The van der Waals surface area contributed by atoms with Crippen LogP contribution in [0.2, 0.25) is 0 Å². The van der Waals surface area contributed by atoms with Crippen molar-refractivity contribution in [1.29, 1.82) is 0 Å². The molecule has 0 fully saturated rings. The van der Waals surface area contributed by atoms with Gasteiger partial charge in [-0.15, -0.1) is 0 Å². The average Bonchev–Trinajstić information content (AvgIpc) is 3.58. The van der Waals surface area contributed by atoms with Crippen molar-refractivity contribution >= 4 is 23.8 Å². The number of alkyl carbamates (subject to hydrolysis) is 1. The summed E-state index contributed by atoms with van der Waals surface area (Å²) in [7, 11) is 0. The maximum atomic E-state index is 12.9. The van der Waals surface area contributed by atoms with Crippen molar-refractivity contribution in [3.8, 4) is 22.6 Å². The van der Waals surface area contributed by atoms with Gasteiger partial charge in [0.15, 0.2) is 0 Å². The predicted molar refractivity (Wildman–Crippen MR) is 222 cm³/mol. The minimum Gasteiger partial charge on any atom is -0.491 e. The van der Waals surface area contributed by atoms with Crippen LogP contribution in [0.15, 0.2) is 122 Å². The van der Waals surface area contributed by atoms with Crippen LogP contribution < -0.4 is 14.8 Å². The van der Waals surface area contributed by atoms with Gasteiger partial charge in [0, 0.05) is 18.4 Å². The molecule has 308 valence electrons. The minimum atomic E-state index is -1.06. The topological polar surface area (TPSA) is 147 Å². The molecule has 11 heteroatoms. The van der Waals surface area contributed by atoms with Crippen LogP contribution in [0, 0.1) is 11.8 Å². The number of fused-ring (bicyclic) bond motifs is 3. The van der Waals surface area contributed by atoms with Crippen LogP contribution >= 0.6 is 0 Å². The normalized spacial score (nSPS) is 17.0. The van der Waals surface area contributed by atoms with Crippen molar-refractivity contribution in [2.24, 2.45) is 11.8 Å². The average molecular weight is 802 g/mol. The molecule has 1 amide bonds. The number of carbonyl (C=O) groups is 4. The van der Waals surface area contributed by atoms with E-state index in [2.05, 4.69) is 48.3 Å². The molecule has 0 aromatic heterocycles. The number of hydrogen-bond donors (Lipinski definition) is 2. The fraction of sp³-hybridized carbons (Fsp3) is 0.333. The molecule has 0 heterocycles. The number of esters is 2. The van der Waals surface area contributed by atoms with Crippen molar-refractivity contribution in [2.75, 3.05) is 33.0 Å². The third kappa shape index (κ3) is 9.75. The highest BCUT2D eigenvalue weighted by atomic mass is 16.6. The smallest absolute Gasteiger partial charge is 0.407 e. The van der Waals surface area contributed by atoms with Gasteiger partial charge in [-0.2, -0.15) is 0 Å². The number of Topliss-reactive ketones (excluding diaryl/α,β-unsaturated/α-hetero) is 1. The minimum absolute atomic E-state index is 0.00259.